The molecule has 96 valence electrons. The molecule has 1 N–H and O–H groups in total. The second-order valence-corrected chi connectivity index (χ2v) is 5.11. The van der Waals surface area contributed by atoms with Crippen molar-refractivity contribution in [2.75, 3.05) is 5.32 Å². The molecule has 3 nitrogen and oxygen atoms in total. The van der Waals surface area contributed by atoms with E-state index in [0.717, 1.165) is 22.8 Å². The number of benzene rings is 2. The number of nitrogens with zero attached hydrogens (tertiary/aromatic N) is 2. The van der Waals surface area contributed by atoms with Gasteiger partial charge in [-0.1, -0.05) is 0 Å². The summed E-state index contributed by atoms with van der Waals surface area (Å²) in [4.78, 5) is 0. The van der Waals surface area contributed by atoms with Crippen LogP contribution in [0.3, 0.4) is 0 Å². The first kappa shape index (κ1) is 12.3. The summed E-state index contributed by atoms with van der Waals surface area (Å²) in [5.74, 6) is -1.64. The van der Waals surface area contributed by atoms with E-state index in [-0.39, 0.29) is 27.1 Å². The predicted octanol–water partition coefficient (Wildman–Crippen LogP) is 2.58. The van der Waals surface area contributed by atoms with Crippen LogP contribution in [-0.4, -0.2) is 22.9 Å². The molecule has 0 amide bonds. The fourth-order valence-electron chi connectivity index (χ4n) is 1.82. The molecule has 3 aromatic rings. The molecule has 0 aliphatic carbocycles. The van der Waals surface area contributed by atoms with E-state index in [2.05, 4.69) is 13.3 Å². The van der Waals surface area contributed by atoms with Crippen molar-refractivity contribution in [3.8, 4) is 0 Å². The molecule has 1 aromatic heterocycles. The third kappa shape index (κ3) is 2.37. The monoisotopic (exact) mass is 325 g/mol. The molecular formula is C13H9F2N3Se. The van der Waals surface area contributed by atoms with Crippen LogP contribution in [0, 0.1) is 11.6 Å². The average Bonchev–Trinajstić information content (AvgIpc) is 2.89. The van der Waals surface area contributed by atoms with E-state index in [9.17, 15) is 8.78 Å². The van der Waals surface area contributed by atoms with E-state index >= 15 is 0 Å². The molecule has 0 radical (unpaired) electrons. The average molecular weight is 324 g/mol. The van der Waals surface area contributed by atoms with Gasteiger partial charge in [0.1, 0.15) is 0 Å². The molecule has 0 unspecified atom stereocenters. The molecule has 0 bridgehead atoms. The predicted molar refractivity (Wildman–Crippen MR) is 70.2 cm³/mol. The number of halogens is 2. The zero-order valence-electron chi connectivity index (χ0n) is 9.73. The Bertz CT molecular complexity index is 727. The SMILES string of the molecule is Fc1cccc(CNc2cccc3n[se]nc23)c1F. The molecule has 0 aliphatic rings. The summed E-state index contributed by atoms with van der Waals surface area (Å²) >= 11 is -0.107. The second-order valence-electron chi connectivity index (χ2n) is 4.00. The van der Waals surface area contributed by atoms with Crippen molar-refractivity contribution in [1.82, 2.24) is 7.96 Å². The standard InChI is InChI=1S/C13H9F2N3Se/c14-9-4-1-3-8(12(9)15)7-16-10-5-2-6-11-13(10)18-19-17-11/h1-6,16H,7H2. The third-order valence-corrected chi connectivity index (χ3v) is 3.93. The van der Waals surface area contributed by atoms with Gasteiger partial charge in [-0.15, -0.1) is 0 Å². The Morgan fingerprint density at radius 1 is 1.05 bits per heavy atom. The Labute approximate surface area is 114 Å². The minimum absolute atomic E-state index is 0.107. The van der Waals surface area contributed by atoms with Gasteiger partial charge >= 0.3 is 114 Å². The van der Waals surface area contributed by atoms with Crippen LogP contribution in [0.5, 0.6) is 0 Å². The van der Waals surface area contributed by atoms with Gasteiger partial charge in [-0.2, -0.15) is 0 Å². The normalized spacial score (nSPS) is 10.8. The van der Waals surface area contributed by atoms with Crippen LogP contribution in [0.1, 0.15) is 5.56 Å². The summed E-state index contributed by atoms with van der Waals surface area (Å²) < 4.78 is 35.2. The number of aromatic nitrogens is 2. The number of fused-ring (bicyclic) bond motifs is 1. The first-order chi connectivity index (χ1) is 9.25. The number of rotatable bonds is 3. The van der Waals surface area contributed by atoms with Crippen molar-refractivity contribution in [2.45, 2.75) is 6.54 Å². The Kier molecular flexibility index (Phi) is 3.27. The zero-order valence-corrected chi connectivity index (χ0v) is 11.4. The van der Waals surface area contributed by atoms with Gasteiger partial charge < -0.3 is 0 Å². The van der Waals surface area contributed by atoms with Crippen LogP contribution >= 0.6 is 0 Å². The van der Waals surface area contributed by atoms with Gasteiger partial charge in [-0.25, -0.2) is 0 Å². The summed E-state index contributed by atoms with van der Waals surface area (Å²) in [5.41, 5.74) is 2.74. The Morgan fingerprint density at radius 3 is 2.79 bits per heavy atom. The van der Waals surface area contributed by atoms with Gasteiger partial charge in [0, 0.05) is 0 Å². The molecule has 3 rings (SSSR count). The van der Waals surface area contributed by atoms with E-state index in [0.29, 0.717) is 0 Å². The Morgan fingerprint density at radius 2 is 1.89 bits per heavy atom. The first-order valence-corrected chi connectivity index (χ1v) is 7.17. The molecule has 0 spiro atoms. The first-order valence-electron chi connectivity index (χ1n) is 5.64. The molecule has 0 aliphatic heterocycles. The summed E-state index contributed by atoms with van der Waals surface area (Å²) in [5, 5.41) is 3.08. The summed E-state index contributed by atoms with van der Waals surface area (Å²) in [6.07, 6.45) is 0. The number of nitrogens with one attached hydrogen (secondary N) is 1. The van der Waals surface area contributed by atoms with Crippen molar-refractivity contribution in [3.05, 3.63) is 53.6 Å². The molecule has 1 heterocycles. The van der Waals surface area contributed by atoms with Crippen LogP contribution in [0.25, 0.3) is 11.0 Å². The fourth-order valence-corrected chi connectivity index (χ4v) is 2.98. The molecule has 0 saturated carbocycles. The summed E-state index contributed by atoms with van der Waals surface area (Å²) in [6.45, 7) is 0.211. The quantitative estimate of drug-likeness (QED) is 0.753. The van der Waals surface area contributed by atoms with E-state index in [1.807, 2.05) is 18.2 Å². The molecule has 2 aromatic carbocycles. The van der Waals surface area contributed by atoms with Crippen LogP contribution in [0.4, 0.5) is 14.5 Å². The van der Waals surface area contributed by atoms with Crippen molar-refractivity contribution in [1.29, 1.82) is 0 Å². The van der Waals surface area contributed by atoms with E-state index in [1.165, 1.54) is 6.07 Å². The van der Waals surface area contributed by atoms with Crippen LogP contribution in [0.15, 0.2) is 36.4 Å². The van der Waals surface area contributed by atoms with Gasteiger partial charge in [0.15, 0.2) is 0 Å². The van der Waals surface area contributed by atoms with Gasteiger partial charge in [0.25, 0.3) is 0 Å². The van der Waals surface area contributed by atoms with Crippen LogP contribution < -0.4 is 5.32 Å². The maximum atomic E-state index is 13.5. The number of hydrogen-bond donors (Lipinski definition) is 1. The van der Waals surface area contributed by atoms with Crippen molar-refractivity contribution in [2.24, 2.45) is 0 Å². The number of anilines is 1. The van der Waals surface area contributed by atoms with Crippen LogP contribution in [0.2, 0.25) is 0 Å². The van der Waals surface area contributed by atoms with Crippen molar-refractivity contribution in [3.63, 3.8) is 0 Å². The zero-order chi connectivity index (χ0) is 13.2. The van der Waals surface area contributed by atoms with Gasteiger partial charge in [-0.3, -0.25) is 0 Å². The van der Waals surface area contributed by atoms with Gasteiger partial charge in [0.05, 0.1) is 0 Å². The molecular weight excluding hydrogens is 315 g/mol. The van der Waals surface area contributed by atoms with Gasteiger partial charge in [-0.05, 0) is 0 Å². The summed E-state index contributed by atoms with van der Waals surface area (Å²) in [7, 11) is 0. The molecule has 0 atom stereocenters. The van der Waals surface area contributed by atoms with Gasteiger partial charge in [0.2, 0.25) is 0 Å². The molecule has 0 fully saturated rings. The second kappa shape index (κ2) is 5.07. The third-order valence-electron chi connectivity index (χ3n) is 2.79. The maximum absolute atomic E-state index is 13.5. The van der Waals surface area contributed by atoms with Crippen molar-refractivity contribution < 1.29 is 8.78 Å². The topological polar surface area (TPSA) is 37.8 Å². The Hall–Kier alpha value is -1.78. The van der Waals surface area contributed by atoms with Crippen molar-refractivity contribution >= 4 is 31.7 Å². The molecule has 0 saturated heterocycles. The van der Waals surface area contributed by atoms with Crippen LogP contribution in [-0.2, 0) is 6.54 Å². The molecule has 6 heteroatoms. The van der Waals surface area contributed by atoms with E-state index in [4.69, 9.17) is 0 Å². The van der Waals surface area contributed by atoms with E-state index < -0.39 is 11.6 Å². The number of hydrogen-bond acceptors (Lipinski definition) is 3. The molecule has 19 heavy (non-hydrogen) atoms. The Balaban J connectivity index is 1.86. The van der Waals surface area contributed by atoms with E-state index in [1.54, 1.807) is 6.07 Å². The fraction of sp³-hybridized carbons (Fsp3) is 0.0769. The minimum atomic E-state index is -0.833. The summed E-state index contributed by atoms with van der Waals surface area (Å²) in [6, 6.07) is 9.77.